The van der Waals surface area contributed by atoms with Gasteiger partial charge in [-0.2, -0.15) is 0 Å². The SMILES string of the molecule is O=C1Nc2cc(O)ccc2O[C@@H]1O[C@@H]1O[C@H](CO)[C@@H](O)[C@H](O)[C@H]1O. The minimum absolute atomic E-state index is 0.0639. The zero-order valence-electron chi connectivity index (χ0n) is 12.3. The monoisotopic (exact) mass is 343 g/mol. The van der Waals surface area contributed by atoms with E-state index in [1.54, 1.807) is 0 Å². The number of benzene rings is 1. The van der Waals surface area contributed by atoms with Crippen molar-refractivity contribution in [1.29, 1.82) is 0 Å². The number of hydrogen-bond donors (Lipinski definition) is 6. The van der Waals surface area contributed by atoms with Gasteiger partial charge in [0.1, 0.15) is 35.9 Å². The number of rotatable bonds is 3. The molecule has 0 bridgehead atoms. The molecule has 1 aromatic rings. The first-order valence-electron chi connectivity index (χ1n) is 7.17. The quantitative estimate of drug-likeness (QED) is 0.360. The van der Waals surface area contributed by atoms with Gasteiger partial charge in [0.15, 0.2) is 6.29 Å². The molecule has 24 heavy (non-hydrogen) atoms. The second-order valence-electron chi connectivity index (χ2n) is 5.45. The van der Waals surface area contributed by atoms with Gasteiger partial charge in [-0.05, 0) is 12.1 Å². The number of aromatic hydroxyl groups is 1. The molecule has 132 valence electrons. The number of carbonyl (C=O) groups is 1. The number of fused-ring (bicyclic) bond motifs is 1. The molecule has 0 saturated carbocycles. The topological polar surface area (TPSA) is 158 Å². The number of aliphatic hydroxyl groups excluding tert-OH is 4. The number of aliphatic hydroxyl groups is 4. The van der Waals surface area contributed by atoms with Crippen molar-refractivity contribution >= 4 is 11.6 Å². The Morgan fingerprint density at radius 2 is 1.92 bits per heavy atom. The molecule has 0 unspecified atom stereocenters. The van der Waals surface area contributed by atoms with Crippen LogP contribution in [-0.4, -0.2) is 75.0 Å². The lowest BCUT2D eigenvalue weighted by molar-refractivity contribution is -0.322. The highest BCUT2D eigenvalue weighted by Crippen LogP contribution is 2.33. The summed E-state index contributed by atoms with van der Waals surface area (Å²) in [5.74, 6) is -0.557. The molecule has 6 N–H and O–H groups in total. The molecule has 10 nitrogen and oxygen atoms in total. The predicted molar refractivity (Wildman–Crippen MR) is 76.0 cm³/mol. The van der Waals surface area contributed by atoms with Crippen LogP contribution in [0.3, 0.4) is 0 Å². The Balaban J connectivity index is 1.73. The Morgan fingerprint density at radius 3 is 2.62 bits per heavy atom. The molecule has 10 heteroatoms. The van der Waals surface area contributed by atoms with Crippen LogP contribution >= 0.6 is 0 Å². The van der Waals surface area contributed by atoms with E-state index in [-0.39, 0.29) is 17.2 Å². The van der Waals surface area contributed by atoms with Crippen molar-refractivity contribution in [3.8, 4) is 11.5 Å². The van der Waals surface area contributed by atoms with Crippen molar-refractivity contribution < 1.29 is 44.5 Å². The van der Waals surface area contributed by atoms with Crippen LogP contribution in [0.1, 0.15) is 0 Å². The van der Waals surface area contributed by atoms with Crippen LogP contribution in [-0.2, 0) is 14.3 Å². The molecular formula is C14H17NO9. The van der Waals surface area contributed by atoms with Crippen molar-refractivity contribution in [2.75, 3.05) is 11.9 Å². The maximum absolute atomic E-state index is 12.0. The number of carbonyl (C=O) groups excluding carboxylic acids is 1. The smallest absolute Gasteiger partial charge is 0.294 e. The molecule has 0 aliphatic carbocycles. The van der Waals surface area contributed by atoms with Crippen molar-refractivity contribution in [1.82, 2.24) is 0 Å². The second kappa shape index (κ2) is 6.51. The highest BCUT2D eigenvalue weighted by molar-refractivity contribution is 5.97. The van der Waals surface area contributed by atoms with Gasteiger partial charge in [0.25, 0.3) is 12.2 Å². The Bertz CT molecular complexity index is 622. The zero-order valence-corrected chi connectivity index (χ0v) is 12.3. The molecule has 0 spiro atoms. The van der Waals surface area contributed by atoms with Crippen molar-refractivity contribution in [2.45, 2.75) is 37.0 Å². The minimum atomic E-state index is -1.65. The Hall–Kier alpha value is -1.95. The first kappa shape index (κ1) is 16.9. The number of phenols is 1. The molecule has 1 aromatic carbocycles. The molecular weight excluding hydrogens is 326 g/mol. The lowest BCUT2D eigenvalue weighted by atomic mass is 9.99. The summed E-state index contributed by atoms with van der Waals surface area (Å²) in [6.07, 6.45) is -8.98. The summed E-state index contributed by atoms with van der Waals surface area (Å²) in [5, 5.41) is 50.3. The van der Waals surface area contributed by atoms with Crippen molar-refractivity contribution in [3.63, 3.8) is 0 Å². The predicted octanol–water partition coefficient (Wildman–Crippen LogP) is -2.13. The van der Waals surface area contributed by atoms with Gasteiger partial charge in [0.05, 0.1) is 12.3 Å². The highest BCUT2D eigenvalue weighted by atomic mass is 16.8. The number of ether oxygens (including phenoxy) is 3. The number of hydrogen-bond acceptors (Lipinski definition) is 9. The maximum atomic E-state index is 12.0. The normalized spacial score (nSPS) is 35.8. The average molecular weight is 343 g/mol. The molecule has 2 aliphatic rings. The summed E-state index contributed by atoms with van der Waals surface area (Å²) in [6, 6.07) is 4.05. The standard InChI is InChI=1S/C14H17NO9/c16-4-8-9(18)10(19)11(20)13(23-8)24-14-12(21)15-6-3-5(17)1-2-7(6)22-14/h1-3,8-11,13-14,16-20H,4H2,(H,15,21)/t8-,9-,10+,11-,13+,14-/m1/s1. The summed E-state index contributed by atoms with van der Waals surface area (Å²) in [5.41, 5.74) is 0.244. The van der Waals surface area contributed by atoms with Gasteiger partial charge in [-0.15, -0.1) is 0 Å². The molecule has 1 saturated heterocycles. The number of nitrogens with one attached hydrogen (secondary N) is 1. The van der Waals surface area contributed by atoms with Crippen molar-refractivity contribution in [2.24, 2.45) is 0 Å². The van der Waals surface area contributed by atoms with E-state index in [9.17, 15) is 25.2 Å². The average Bonchev–Trinajstić information content (AvgIpc) is 2.56. The number of phenolic OH excluding ortho intramolecular Hbond substituents is 1. The van der Waals surface area contributed by atoms with Gasteiger partial charge in [-0.3, -0.25) is 4.79 Å². The summed E-state index contributed by atoms with van der Waals surface area (Å²) >= 11 is 0. The maximum Gasteiger partial charge on any atom is 0.294 e. The van der Waals surface area contributed by atoms with Gasteiger partial charge in [0.2, 0.25) is 0 Å². The Kier molecular flexibility index (Phi) is 4.58. The molecule has 0 radical (unpaired) electrons. The third kappa shape index (κ3) is 3.02. The van der Waals surface area contributed by atoms with Gasteiger partial charge < -0.3 is 45.1 Å². The molecule has 1 amide bonds. The fraction of sp³-hybridized carbons (Fsp3) is 0.500. The number of amides is 1. The van der Waals surface area contributed by atoms with Crippen molar-refractivity contribution in [3.05, 3.63) is 18.2 Å². The van der Waals surface area contributed by atoms with E-state index in [4.69, 9.17) is 19.3 Å². The molecule has 3 rings (SSSR count). The van der Waals surface area contributed by atoms with E-state index in [0.29, 0.717) is 0 Å². The van der Waals surface area contributed by atoms with E-state index in [2.05, 4.69) is 5.32 Å². The van der Waals surface area contributed by atoms with E-state index >= 15 is 0 Å². The van der Waals surface area contributed by atoms with E-state index < -0.39 is 49.5 Å². The summed E-state index contributed by atoms with van der Waals surface area (Å²) in [4.78, 5) is 12.0. The van der Waals surface area contributed by atoms with E-state index in [1.165, 1.54) is 18.2 Å². The van der Waals surface area contributed by atoms with Crippen LogP contribution in [0.2, 0.25) is 0 Å². The molecule has 0 aromatic heterocycles. The third-order valence-electron chi connectivity index (χ3n) is 3.78. The first-order valence-corrected chi connectivity index (χ1v) is 7.17. The molecule has 2 heterocycles. The fourth-order valence-corrected chi connectivity index (χ4v) is 2.47. The van der Waals surface area contributed by atoms with Gasteiger partial charge in [0, 0.05) is 6.07 Å². The van der Waals surface area contributed by atoms with E-state index in [0.717, 1.165) is 0 Å². The summed E-state index contributed by atoms with van der Waals surface area (Å²) in [6.45, 7) is -0.620. The van der Waals surface area contributed by atoms with Crippen LogP contribution < -0.4 is 10.1 Å². The minimum Gasteiger partial charge on any atom is -0.508 e. The zero-order chi connectivity index (χ0) is 17.4. The molecule has 1 fully saturated rings. The lowest BCUT2D eigenvalue weighted by Gasteiger charge is -2.40. The summed E-state index contributed by atoms with van der Waals surface area (Å²) in [7, 11) is 0. The first-order chi connectivity index (χ1) is 11.4. The van der Waals surface area contributed by atoms with Crippen LogP contribution in [0.4, 0.5) is 5.69 Å². The lowest BCUT2D eigenvalue weighted by Crippen LogP contribution is -2.60. The Labute approximate surface area is 135 Å². The van der Waals surface area contributed by atoms with Gasteiger partial charge in [-0.25, -0.2) is 0 Å². The van der Waals surface area contributed by atoms with Gasteiger partial charge >= 0.3 is 0 Å². The van der Waals surface area contributed by atoms with E-state index in [1.807, 2.05) is 0 Å². The second-order valence-corrected chi connectivity index (χ2v) is 5.45. The van der Waals surface area contributed by atoms with Crippen LogP contribution in [0.25, 0.3) is 0 Å². The molecule has 6 atom stereocenters. The summed E-state index contributed by atoms with van der Waals surface area (Å²) < 4.78 is 15.7. The Morgan fingerprint density at radius 1 is 1.17 bits per heavy atom. The van der Waals surface area contributed by atoms with Crippen LogP contribution in [0.15, 0.2) is 18.2 Å². The van der Waals surface area contributed by atoms with Gasteiger partial charge in [-0.1, -0.05) is 0 Å². The number of anilines is 1. The fourth-order valence-electron chi connectivity index (χ4n) is 2.47. The largest absolute Gasteiger partial charge is 0.508 e. The van der Waals surface area contributed by atoms with Crippen LogP contribution in [0.5, 0.6) is 11.5 Å². The highest BCUT2D eigenvalue weighted by Gasteiger charge is 2.46. The third-order valence-corrected chi connectivity index (χ3v) is 3.78. The molecule has 2 aliphatic heterocycles. The van der Waals surface area contributed by atoms with Crippen LogP contribution in [0, 0.1) is 0 Å².